The summed E-state index contributed by atoms with van der Waals surface area (Å²) >= 11 is 1.50. The van der Waals surface area contributed by atoms with Crippen LogP contribution in [0.2, 0.25) is 0 Å². The van der Waals surface area contributed by atoms with E-state index in [-0.39, 0.29) is 11.3 Å². The SMILES string of the molecule is CC(C)(C)[C@@H](O)CCNC(=O)c1ccsc1. The van der Waals surface area contributed by atoms with Crippen molar-refractivity contribution in [3.63, 3.8) is 0 Å². The molecule has 0 unspecified atom stereocenters. The van der Waals surface area contributed by atoms with Crippen LogP contribution in [0.3, 0.4) is 0 Å². The summed E-state index contributed by atoms with van der Waals surface area (Å²) in [5.41, 5.74) is 0.558. The van der Waals surface area contributed by atoms with Gasteiger partial charge >= 0.3 is 0 Å². The number of hydrogen-bond acceptors (Lipinski definition) is 3. The van der Waals surface area contributed by atoms with Gasteiger partial charge in [0.1, 0.15) is 0 Å². The Morgan fingerprint density at radius 3 is 2.75 bits per heavy atom. The van der Waals surface area contributed by atoms with Crippen LogP contribution in [0.25, 0.3) is 0 Å². The summed E-state index contributed by atoms with van der Waals surface area (Å²) in [6.07, 6.45) is 0.189. The zero-order chi connectivity index (χ0) is 12.2. The van der Waals surface area contributed by atoms with E-state index in [0.717, 1.165) is 0 Å². The number of carbonyl (C=O) groups excluding carboxylic acids is 1. The number of rotatable bonds is 4. The van der Waals surface area contributed by atoms with Crippen LogP contribution in [-0.4, -0.2) is 23.7 Å². The quantitative estimate of drug-likeness (QED) is 0.849. The van der Waals surface area contributed by atoms with E-state index in [1.54, 1.807) is 6.07 Å². The van der Waals surface area contributed by atoms with Crippen LogP contribution in [0.1, 0.15) is 37.6 Å². The summed E-state index contributed by atoms with van der Waals surface area (Å²) < 4.78 is 0. The maximum atomic E-state index is 11.6. The van der Waals surface area contributed by atoms with Crippen molar-refractivity contribution in [1.29, 1.82) is 0 Å². The Balaban J connectivity index is 2.29. The average molecular weight is 241 g/mol. The zero-order valence-corrected chi connectivity index (χ0v) is 10.8. The Morgan fingerprint density at radius 2 is 2.25 bits per heavy atom. The minimum Gasteiger partial charge on any atom is -0.393 e. The molecule has 0 bridgehead atoms. The Hall–Kier alpha value is -0.870. The largest absolute Gasteiger partial charge is 0.393 e. The molecule has 1 aromatic rings. The van der Waals surface area contributed by atoms with E-state index in [0.29, 0.717) is 18.5 Å². The second-order valence-electron chi connectivity index (χ2n) is 4.94. The summed E-state index contributed by atoms with van der Waals surface area (Å²) in [5.74, 6) is -0.0673. The maximum absolute atomic E-state index is 11.6. The third-order valence-corrected chi connectivity index (χ3v) is 3.17. The molecule has 90 valence electrons. The molecule has 0 saturated carbocycles. The van der Waals surface area contributed by atoms with E-state index in [1.807, 2.05) is 31.5 Å². The number of hydrogen-bond donors (Lipinski definition) is 2. The van der Waals surface area contributed by atoms with Gasteiger partial charge in [0.05, 0.1) is 6.10 Å². The molecular weight excluding hydrogens is 222 g/mol. The molecule has 4 heteroatoms. The van der Waals surface area contributed by atoms with Crippen LogP contribution in [0.5, 0.6) is 0 Å². The predicted octanol–water partition coefficient (Wildman–Crippen LogP) is 2.28. The van der Waals surface area contributed by atoms with Gasteiger partial charge < -0.3 is 10.4 Å². The van der Waals surface area contributed by atoms with Crippen molar-refractivity contribution in [2.24, 2.45) is 5.41 Å². The standard InChI is InChI=1S/C12H19NO2S/c1-12(2,3)10(14)4-6-13-11(15)9-5-7-16-8-9/h5,7-8,10,14H,4,6H2,1-3H3,(H,13,15)/t10-/m0/s1. The van der Waals surface area contributed by atoms with Gasteiger partial charge in [-0.1, -0.05) is 20.8 Å². The summed E-state index contributed by atoms with van der Waals surface area (Å²) in [5, 5.41) is 16.3. The molecule has 0 fully saturated rings. The second-order valence-corrected chi connectivity index (χ2v) is 5.72. The first-order valence-electron chi connectivity index (χ1n) is 5.39. The lowest BCUT2D eigenvalue weighted by molar-refractivity contribution is 0.0551. The van der Waals surface area contributed by atoms with Crippen LogP contribution >= 0.6 is 11.3 Å². The molecule has 1 aromatic heterocycles. The van der Waals surface area contributed by atoms with E-state index in [4.69, 9.17) is 0 Å². The first-order chi connectivity index (χ1) is 7.41. The van der Waals surface area contributed by atoms with Crippen LogP contribution in [-0.2, 0) is 0 Å². The topological polar surface area (TPSA) is 49.3 Å². The smallest absolute Gasteiger partial charge is 0.252 e. The van der Waals surface area contributed by atoms with Gasteiger partial charge in [0, 0.05) is 17.5 Å². The Labute approximate surface area is 100 Å². The number of nitrogens with one attached hydrogen (secondary N) is 1. The molecule has 0 saturated heterocycles. The summed E-state index contributed by atoms with van der Waals surface area (Å²) in [6, 6.07) is 1.79. The molecule has 3 nitrogen and oxygen atoms in total. The fraction of sp³-hybridized carbons (Fsp3) is 0.583. The predicted molar refractivity (Wildman–Crippen MR) is 66.7 cm³/mol. The number of aliphatic hydroxyl groups excluding tert-OH is 1. The monoisotopic (exact) mass is 241 g/mol. The lowest BCUT2D eigenvalue weighted by atomic mass is 9.87. The molecule has 2 N–H and O–H groups in total. The lowest BCUT2D eigenvalue weighted by Gasteiger charge is -2.25. The molecule has 0 aromatic carbocycles. The second kappa shape index (κ2) is 5.46. The first-order valence-corrected chi connectivity index (χ1v) is 6.34. The zero-order valence-electron chi connectivity index (χ0n) is 9.99. The molecule has 0 aliphatic carbocycles. The highest BCUT2D eigenvalue weighted by molar-refractivity contribution is 7.08. The van der Waals surface area contributed by atoms with Crippen LogP contribution in [0.15, 0.2) is 16.8 Å². The molecular formula is C12H19NO2S. The third kappa shape index (κ3) is 3.94. The lowest BCUT2D eigenvalue weighted by Crippen LogP contribution is -2.32. The maximum Gasteiger partial charge on any atom is 0.252 e. The summed E-state index contributed by atoms with van der Waals surface area (Å²) in [4.78, 5) is 11.6. The van der Waals surface area contributed by atoms with E-state index in [9.17, 15) is 9.90 Å². The number of amides is 1. The van der Waals surface area contributed by atoms with Gasteiger partial charge in [0.15, 0.2) is 0 Å². The highest BCUT2D eigenvalue weighted by atomic mass is 32.1. The summed E-state index contributed by atoms with van der Waals surface area (Å²) in [6.45, 7) is 6.46. The van der Waals surface area contributed by atoms with E-state index in [1.165, 1.54) is 11.3 Å². The third-order valence-electron chi connectivity index (χ3n) is 2.49. The van der Waals surface area contributed by atoms with Gasteiger partial charge in [-0.3, -0.25) is 4.79 Å². The van der Waals surface area contributed by atoms with Gasteiger partial charge in [-0.05, 0) is 23.3 Å². The molecule has 1 amide bonds. The van der Waals surface area contributed by atoms with E-state index >= 15 is 0 Å². The number of aliphatic hydroxyl groups is 1. The van der Waals surface area contributed by atoms with Crippen molar-refractivity contribution in [3.8, 4) is 0 Å². The Bertz CT molecular complexity index is 327. The highest BCUT2D eigenvalue weighted by Crippen LogP contribution is 2.20. The van der Waals surface area contributed by atoms with E-state index in [2.05, 4.69) is 5.32 Å². The van der Waals surface area contributed by atoms with Crippen LogP contribution < -0.4 is 5.32 Å². The van der Waals surface area contributed by atoms with Crippen molar-refractivity contribution in [2.75, 3.05) is 6.54 Å². The molecule has 1 heterocycles. The van der Waals surface area contributed by atoms with Gasteiger partial charge in [0.2, 0.25) is 0 Å². The molecule has 0 spiro atoms. The van der Waals surface area contributed by atoms with Crippen molar-refractivity contribution >= 4 is 17.2 Å². The van der Waals surface area contributed by atoms with Crippen LogP contribution in [0, 0.1) is 5.41 Å². The van der Waals surface area contributed by atoms with Gasteiger partial charge in [0.25, 0.3) is 5.91 Å². The van der Waals surface area contributed by atoms with Crippen molar-refractivity contribution < 1.29 is 9.90 Å². The minimum absolute atomic E-state index is 0.0673. The average Bonchev–Trinajstić information content (AvgIpc) is 2.68. The van der Waals surface area contributed by atoms with Crippen molar-refractivity contribution in [3.05, 3.63) is 22.4 Å². The molecule has 0 aliphatic rings. The van der Waals surface area contributed by atoms with Crippen molar-refractivity contribution in [1.82, 2.24) is 5.32 Å². The van der Waals surface area contributed by atoms with Crippen LogP contribution in [0.4, 0.5) is 0 Å². The Kier molecular flexibility index (Phi) is 4.50. The van der Waals surface area contributed by atoms with Crippen molar-refractivity contribution in [2.45, 2.75) is 33.3 Å². The Morgan fingerprint density at radius 1 is 1.56 bits per heavy atom. The molecule has 1 rings (SSSR count). The van der Waals surface area contributed by atoms with Gasteiger partial charge in [-0.2, -0.15) is 11.3 Å². The normalized spacial score (nSPS) is 13.5. The summed E-state index contributed by atoms with van der Waals surface area (Å²) in [7, 11) is 0. The minimum atomic E-state index is -0.393. The fourth-order valence-corrected chi connectivity index (χ4v) is 1.89. The van der Waals surface area contributed by atoms with Gasteiger partial charge in [-0.25, -0.2) is 0 Å². The molecule has 1 atom stereocenters. The molecule has 16 heavy (non-hydrogen) atoms. The number of thiophene rings is 1. The number of carbonyl (C=O) groups is 1. The fourth-order valence-electron chi connectivity index (χ4n) is 1.25. The van der Waals surface area contributed by atoms with E-state index < -0.39 is 6.10 Å². The first kappa shape index (κ1) is 13.2. The molecule has 0 radical (unpaired) electrons. The molecule has 0 aliphatic heterocycles. The highest BCUT2D eigenvalue weighted by Gasteiger charge is 2.21. The van der Waals surface area contributed by atoms with Gasteiger partial charge in [-0.15, -0.1) is 0 Å².